The van der Waals surface area contributed by atoms with Gasteiger partial charge in [0.1, 0.15) is 12.4 Å². The Labute approximate surface area is 91.9 Å². The van der Waals surface area contributed by atoms with E-state index >= 15 is 0 Å². The SMILES string of the molecule is OCc1ccc(OCC(Cl)=CCl)cn1. The molecule has 1 aromatic rings. The van der Waals surface area contributed by atoms with Gasteiger partial charge in [-0.1, -0.05) is 23.2 Å². The summed E-state index contributed by atoms with van der Waals surface area (Å²) in [7, 11) is 0. The van der Waals surface area contributed by atoms with E-state index in [0.29, 0.717) is 16.5 Å². The van der Waals surface area contributed by atoms with Gasteiger partial charge in [0.2, 0.25) is 0 Å². The quantitative estimate of drug-likeness (QED) is 0.868. The molecule has 14 heavy (non-hydrogen) atoms. The van der Waals surface area contributed by atoms with Crippen molar-refractivity contribution in [2.24, 2.45) is 0 Å². The molecule has 0 spiro atoms. The van der Waals surface area contributed by atoms with Gasteiger partial charge in [-0.15, -0.1) is 0 Å². The predicted molar refractivity (Wildman–Crippen MR) is 55.4 cm³/mol. The van der Waals surface area contributed by atoms with Gasteiger partial charge in [-0.3, -0.25) is 4.98 Å². The van der Waals surface area contributed by atoms with Gasteiger partial charge in [-0.05, 0) is 12.1 Å². The van der Waals surface area contributed by atoms with E-state index in [1.165, 1.54) is 11.7 Å². The molecular weight excluding hydrogens is 225 g/mol. The maximum absolute atomic E-state index is 8.73. The molecule has 1 heterocycles. The third-order valence-corrected chi connectivity index (χ3v) is 2.05. The molecule has 0 atom stereocenters. The molecule has 0 bridgehead atoms. The monoisotopic (exact) mass is 233 g/mol. The molecule has 0 unspecified atom stereocenters. The highest BCUT2D eigenvalue weighted by Gasteiger charge is 1.97. The molecule has 0 aliphatic heterocycles. The van der Waals surface area contributed by atoms with Crippen molar-refractivity contribution in [1.82, 2.24) is 4.98 Å². The van der Waals surface area contributed by atoms with Crippen molar-refractivity contribution in [3.63, 3.8) is 0 Å². The van der Waals surface area contributed by atoms with Crippen LogP contribution in [0, 0.1) is 0 Å². The standard InChI is InChI=1S/C9H9Cl2NO2/c10-3-7(11)6-14-9-2-1-8(5-13)12-4-9/h1-4,13H,5-6H2. The number of ether oxygens (including phenoxy) is 1. The number of hydrogen-bond acceptors (Lipinski definition) is 3. The largest absolute Gasteiger partial charge is 0.486 e. The van der Waals surface area contributed by atoms with Crippen molar-refractivity contribution >= 4 is 23.2 Å². The summed E-state index contributed by atoms with van der Waals surface area (Å²) in [4.78, 5) is 3.93. The Balaban J connectivity index is 2.52. The molecule has 1 rings (SSSR count). The maximum atomic E-state index is 8.73. The van der Waals surface area contributed by atoms with Crippen LogP contribution in [0.2, 0.25) is 0 Å². The molecule has 0 amide bonds. The van der Waals surface area contributed by atoms with Crippen molar-refractivity contribution in [2.45, 2.75) is 6.61 Å². The third kappa shape index (κ3) is 3.54. The fourth-order valence-electron chi connectivity index (χ4n) is 0.774. The van der Waals surface area contributed by atoms with Crippen LogP contribution >= 0.6 is 23.2 Å². The minimum atomic E-state index is -0.0807. The summed E-state index contributed by atoms with van der Waals surface area (Å²) in [5, 5.41) is 9.15. The number of hydrogen-bond donors (Lipinski definition) is 1. The normalized spacial score (nSPS) is 11.5. The lowest BCUT2D eigenvalue weighted by Gasteiger charge is -2.04. The first-order chi connectivity index (χ1) is 6.76. The third-order valence-electron chi connectivity index (χ3n) is 1.45. The molecule has 0 aliphatic rings. The summed E-state index contributed by atoms with van der Waals surface area (Å²) >= 11 is 11.0. The van der Waals surface area contributed by atoms with Crippen LogP contribution in [-0.2, 0) is 6.61 Å². The fourth-order valence-corrected chi connectivity index (χ4v) is 0.891. The smallest absolute Gasteiger partial charge is 0.138 e. The van der Waals surface area contributed by atoms with Crippen LogP contribution in [0.1, 0.15) is 5.69 Å². The second-order valence-corrected chi connectivity index (χ2v) is 3.19. The molecule has 0 aliphatic carbocycles. The Kier molecular flexibility index (Phi) is 4.73. The number of aliphatic hydroxyl groups is 1. The first kappa shape index (κ1) is 11.3. The lowest BCUT2D eigenvalue weighted by molar-refractivity contribution is 0.276. The Morgan fingerprint density at radius 2 is 2.36 bits per heavy atom. The maximum Gasteiger partial charge on any atom is 0.138 e. The Morgan fingerprint density at radius 3 is 2.86 bits per heavy atom. The van der Waals surface area contributed by atoms with Crippen molar-refractivity contribution in [3.05, 3.63) is 34.6 Å². The van der Waals surface area contributed by atoms with E-state index in [0.717, 1.165) is 0 Å². The number of pyridine rings is 1. The molecule has 5 heteroatoms. The summed E-state index contributed by atoms with van der Waals surface area (Å²) < 4.78 is 5.23. The van der Waals surface area contributed by atoms with Crippen LogP contribution in [0.4, 0.5) is 0 Å². The molecule has 0 saturated carbocycles. The zero-order chi connectivity index (χ0) is 10.4. The van der Waals surface area contributed by atoms with Gasteiger partial charge in [0.15, 0.2) is 0 Å². The van der Waals surface area contributed by atoms with E-state index < -0.39 is 0 Å². The van der Waals surface area contributed by atoms with Gasteiger partial charge in [0.25, 0.3) is 0 Å². The lowest BCUT2D eigenvalue weighted by atomic mass is 10.3. The van der Waals surface area contributed by atoms with Gasteiger partial charge in [0, 0.05) is 5.54 Å². The molecule has 0 aromatic carbocycles. The van der Waals surface area contributed by atoms with Crippen molar-refractivity contribution in [1.29, 1.82) is 0 Å². The first-order valence-electron chi connectivity index (χ1n) is 3.89. The highest BCUT2D eigenvalue weighted by molar-refractivity contribution is 6.36. The molecule has 1 aromatic heterocycles. The van der Waals surface area contributed by atoms with Crippen LogP contribution in [-0.4, -0.2) is 16.7 Å². The zero-order valence-corrected chi connectivity index (χ0v) is 8.79. The molecule has 0 fully saturated rings. The summed E-state index contributed by atoms with van der Waals surface area (Å²) in [5.41, 5.74) is 1.84. The number of aliphatic hydroxyl groups excluding tert-OH is 1. The number of aromatic nitrogens is 1. The van der Waals surface area contributed by atoms with E-state index in [1.807, 2.05) is 0 Å². The van der Waals surface area contributed by atoms with Gasteiger partial charge < -0.3 is 9.84 Å². The Hall–Kier alpha value is -0.770. The van der Waals surface area contributed by atoms with Gasteiger partial charge in [0.05, 0.1) is 23.5 Å². The molecule has 0 saturated heterocycles. The van der Waals surface area contributed by atoms with E-state index in [2.05, 4.69) is 4.98 Å². The average molecular weight is 234 g/mol. The minimum absolute atomic E-state index is 0.0807. The number of nitrogens with zero attached hydrogens (tertiary/aromatic N) is 1. The van der Waals surface area contributed by atoms with Crippen LogP contribution < -0.4 is 4.74 Å². The average Bonchev–Trinajstić information content (AvgIpc) is 2.26. The second kappa shape index (κ2) is 5.86. The summed E-state index contributed by atoms with van der Waals surface area (Å²) in [6.45, 7) is 0.133. The molecule has 0 radical (unpaired) electrons. The van der Waals surface area contributed by atoms with Crippen molar-refractivity contribution < 1.29 is 9.84 Å². The van der Waals surface area contributed by atoms with E-state index in [1.54, 1.807) is 12.1 Å². The fraction of sp³-hybridized carbons (Fsp3) is 0.222. The summed E-state index contributed by atoms with van der Waals surface area (Å²) in [6, 6.07) is 3.38. The lowest BCUT2D eigenvalue weighted by Crippen LogP contribution is -1.98. The molecule has 3 nitrogen and oxygen atoms in total. The summed E-state index contributed by atoms with van der Waals surface area (Å²) in [6.07, 6.45) is 1.52. The zero-order valence-electron chi connectivity index (χ0n) is 7.28. The number of halogens is 2. The van der Waals surface area contributed by atoms with Gasteiger partial charge in [-0.25, -0.2) is 0 Å². The van der Waals surface area contributed by atoms with Gasteiger partial charge in [-0.2, -0.15) is 0 Å². The van der Waals surface area contributed by atoms with Crippen LogP contribution in [0.5, 0.6) is 5.75 Å². The van der Waals surface area contributed by atoms with Crippen molar-refractivity contribution in [3.8, 4) is 5.75 Å². The van der Waals surface area contributed by atoms with E-state index in [4.69, 9.17) is 33.0 Å². The van der Waals surface area contributed by atoms with Crippen LogP contribution in [0.3, 0.4) is 0 Å². The first-order valence-corrected chi connectivity index (χ1v) is 4.71. The van der Waals surface area contributed by atoms with Crippen LogP contribution in [0.25, 0.3) is 0 Å². The second-order valence-electron chi connectivity index (χ2n) is 2.49. The molecule has 1 N–H and O–H groups in total. The van der Waals surface area contributed by atoms with Crippen molar-refractivity contribution in [2.75, 3.05) is 6.61 Å². The Morgan fingerprint density at radius 1 is 1.57 bits per heavy atom. The minimum Gasteiger partial charge on any atom is -0.486 e. The highest BCUT2D eigenvalue weighted by atomic mass is 35.5. The van der Waals surface area contributed by atoms with E-state index in [-0.39, 0.29) is 13.2 Å². The predicted octanol–water partition coefficient (Wildman–Crippen LogP) is 2.27. The number of rotatable bonds is 4. The summed E-state index contributed by atoms with van der Waals surface area (Å²) in [5.74, 6) is 0.582. The highest BCUT2D eigenvalue weighted by Crippen LogP contribution is 2.12. The van der Waals surface area contributed by atoms with E-state index in [9.17, 15) is 0 Å². The van der Waals surface area contributed by atoms with Crippen LogP contribution in [0.15, 0.2) is 28.9 Å². The molecular formula is C9H9Cl2NO2. The topological polar surface area (TPSA) is 42.4 Å². The molecule has 76 valence electrons. The van der Waals surface area contributed by atoms with Gasteiger partial charge >= 0.3 is 0 Å². The Bertz CT molecular complexity index is 311.